The lowest BCUT2D eigenvalue weighted by atomic mass is 10.2. The van der Waals surface area contributed by atoms with Gasteiger partial charge in [-0.2, -0.15) is 5.10 Å². The Kier molecular flexibility index (Phi) is 5.01. The highest BCUT2D eigenvalue weighted by Gasteiger charge is 2.08. The third-order valence-corrected chi connectivity index (χ3v) is 3.55. The second-order valence-electron chi connectivity index (χ2n) is 4.95. The minimum Gasteiger partial charge on any atom is -0.311 e. The van der Waals surface area contributed by atoms with Crippen molar-refractivity contribution in [3.05, 3.63) is 17.5 Å². The highest BCUT2D eigenvalue weighted by atomic mass is 15.1. The Hall–Kier alpha value is -0.870. The summed E-state index contributed by atoms with van der Waals surface area (Å²) in [5, 5.41) is 10.5. The van der Waals surface area contributed by atoms with E-state index in [4.69, 9.17) is 0 Å². The van der Waals surface area contributed by atoms with E-state index in [0.29, 0.717) is 0 Å². The van der Waals surface area contributed by atoms with E-state index in [2.05, 4.69) is 27.3 Å². The van der Waals surface area contributed by atoms with Gasteiger partial charge in [-0.05, 0) is 32.9 Å². The van der Waals surface area contributed by atoms with E-state index in [9.17, 15) is 0 Å². The Balaban J connectivity index is 1.61. The second-order valence-corrected chi connectivity index (χ2v) is 4.95. The lowest BCUT2D eigenvalue weighted by Gasteiger charge is -2.19. The van der Waals surface area contributed by atoms with Gasteiger partial charge in [0.1, 0.15) is 0 Å². The third kappa shape index (κ3) is 4.13. The van der Waals surface area contributed by atoms with Crippen LogP contribution in [0.2, 0.25) is 0 Å². The quantitative estimate of drug-likeness (QED) is 0.765. The molecule has 0 aliphatic carbocycles. The van der Waals surface area contributed by atoms with Crippen LogP contribution in [0.15, 0.2) is 6.20 Å². The number of aromatic amines is 1. The van der Waals surface area contributed by atoms with E-state index in [1.165, 1.54) is 56.6 Å². The van der Waals surface area contributed by atoms with Gasteiger partial charge in [0.15, 0.2) is 0 Å². The second kappa shape index (κ2) is 6.77. The predicted octanol–water partition coefficient (Wildman–Crippen LogP) is 1.68. The molecule has 96 valence electrons. The van der Waals surface area contributed by atoms with Crippen molar-refractivity contribution in [1.29, 1.82) is 0 Å². The van der Waals surface area contributed by atoms with Crippen LogP contribution in [0.3, 0.4) is 0 Å². The van der Waals surface area contributed by atoms with Crippen molar-refractivity contribution >= 4 is 0 Å². The van der Waals surface area contributed by atoms with Gasteiger partial charge < -0.3 is 10.2 Å². The number of nitrogens with one attached hydrogen (secondary N) is 2. The number of H-pyrrole nitrogens is 1. The Labute approximate surface area is 104 Å². The molecule has 1 aromatic rings. The molecule has 2 N–H and O–H groups in total. The summed E-state index contributed by atoms with van der Waals surface area (Å²) in [5.41, 5.74) is 2.45. The molecular formula is C13H24N4. The summed E-state index contributed by atoms with van der Waals surface area (Å²) in [6.45, 7) is 7.81. The Morgan fingerprint density at radius 1 is 1.29 bits per heavy atom. The van der Waals surface area contributed by atoms with Crippen molar-refractivity contribution in [2.45, 2.75) is 39.2 Å². The fourth-order valence-electron chi connectivity index (χ4n) is 2.37. The monoisotopic (exact) mass is 236 g/mol. The Morgan fingerprint density at radius 3 is 2.71 bits per heavy atom. The van der Waals surface area contributed by atoms with Gasteiger partial charge in [-0.15, -0.1) is 0 Å². The van der Waals surface area contributed by atoms with Gasteiger partial charge in [-0.3, -0.25) is 5.10 Å². The highest BCUT2D eigenvalue weighted by Crippen LogP contribution is 2.08. The molecule has 0 atom stereocenters. The van der Waals surface area contributed by atoms with Crippen LogP contribution in [-0.4, -0.2) is 41.3 Å². The smallest absolute Gasteiger partial charge is 0.0535 e. The third-order valence-electron chi connectivity index (χ3n) is 3.55. The first kappa shape index (κ1) is 12.6. The summed E-state index contributed by atoms with van der Waals surface area (Å²) in [5.74, 6) is 0. The largest absolute Gasteiger partial charge is 0.311 e. The van der Waals surface area contributed by atoms with Crippen LogP contribution in [0.1, 0.15) is 36.9 Å². The van der Waals surface area contributed by atoms with Crippen LogP contribution in [0, 0.1) is 6.92 Å². The number of aromatic nitrogens is 2. The Bertz CT molecular complexity index is 313. The molecule has 0 radical (unpaired) electrons. The molecular weight excluding hydrogens is 212 g/mol. The van der Waals surface area contributed by atoms with Crippen molar-refractivity contribution in [2.24, 2.45) is 0 Å². The van der Waals surface area contributed by atoms with Crippen molar-refractivity contribution in [3.63, 3.8) is 0 Å². The molecule has 1 fully saturated rings. The van der Waals surface area contributed by atoms with Gasteiger partial charge in [0.05, 0.1) is 6.20 Å². The number of nitrogens with zero attached hydrogens (tertiary/aromatic N) is 2. The number of likely N-dealkylation sites (tertiary alicyclic amines) is 1. The molecule has 0 bridgehead atoms. The number of rotatable bonds is 5. The first-order valence-corrected chi connectivity index (χ1v) is 6.78. The van der Waals surface area contributed by atoms with Crippen molar-refractivity contribution < 1.29 is 0 Å². The minimum absolute atomic E-state index is 0.927. The molecule has 0 aromatic carbocycles. The molecule has 17 heavy (non-hydrogen) atoms. The van der Waals surface area contributed by atoms with E-state index in [1.807, 2.05) is 6.20 Å². The van der Waals surface area contributed by atoms with Gasteiger partial charge in [0, 0.05) is 30.9 Å². The number of hydrogen-bond acceptors (Lipinski definition) is 3. The van der Waals surface area contributed by atoms with Crippen molar-refractivity contribution in [2.75, 3.05) is 26.2 Å². The molecule has 1 aliphatic heterocycles. The van der Waals surface area contributed by atoms with Crippen LogP contribution in [-0.2, 0) is 6.54 Å². The summed E-state index contributed by atoms with van der Waals surface area (Å²) in [6.07, 6.45) is 7.49. The predicted molar refractivity (Wildman–Crippen MR) is 69.9 cm³/mol. The topological polar surface area (TPSA) is 44.0 Å². The average molecular weight is 236 g/mol. The summed E-state index contributed by atoms with van der Waals surface area (Å²) in [4.78, 5) is 2.59. The average Bonchev–Trinajstić information content (AvgIpc) is 2.60. The normalized spacial score (nSPS) is 18.2. The van der Waals surface area contributed by atoms with E-state index < -0.39 is 0 Å². The molecule has 1 aliphatic rings. The van der Waals surface area contributed by atoms with Gasteiger partial charge >= 0.3 is 0 Å². The zero-order valence-corrected chi connectivity index (χ0v) is 10.8. The maximum Gasteiger partial charge on any atom is 0.0535 e. The molecule has 0 unspecified atom stereocenters. The van der Waals surface area contributed by atoms with Gasteiger partial charge in [0.2, 0.25) is 0 Å². The van der Waals surface area contributed by atoms with E-state index in [1.54, 1.807) is 0 Å². The summed E-state index contributed by atoms with van der Waals surface area (Å²) >= 11 is 0. The van der Waals surface area contributed by atoms with Crippen LogP contribution in [0.4, 0.5) is 0 Å². The van der Waals surface area contributed by atoms with E-state index in [-0.39, 0.29) is 0 Å². The fraction of sp³-hybridized carbons (Fsp3) is 0.769. The van der Waals surface area contributed by atoms with Crippen molar-refractivity contribution in [1.82, 2.24) is 20.4 Å². The fourth-order valence-corrected chi connectivity index (χ4v) is 2.37. The zero-order chi connectivity index (χ0) is 11.9. The Morgan fingerprint density at radius 2 is 2.06 bits per heavy atom. The molecule has 0 amide bonds. The summed E-state index contributed by atoms with van der Waals surface area (Å²) in [6, 6.07) is 0. The van der Waals surface area contributed by atoms with Crippen LogP contribution >= 0.6 is 0 Å². The molecule has 4 heteroatoms. The SMILES string of the molecule is Cc1[nH]ncc1CNCCN1CCCCCC1. The van der Waals surface area contributed by atoms with Crippen molar-refractivity contribution in [3.8, 4) is 0 Å². The van der Waals surface area contributed by atoms with Gasteiger partial charge in [0.25, 0.3) is 0 Å². The highest BCUT2D eigenvalue weighted by molar-refractivity contribution is 5.13. The number of hydrogen-bond donors (Lipinski definition) is 2. The van der Waals surface area contributed by atoms with Crippen LogP contribution in [0.5, 0.6) is 0 Å². The van der Waals surface area contributed by atoms with E-state index >= 15 is 0 Å². The van der Waals surface area contributed by atoms with Gasteiger partial charge in [-0.1, -0.05) is 12.8 Å². The maximum absolute atomic E-state index is 4.03. The summed E-state index contributed by atoms with van der Waals surface area (Å²) < 4.78 is 0. The van der Waals surface area contributed by atoms with Gasteiger partial charge in [-0.25, -0.2) is 0 Å². The maximum atomic E-state index is 4.03. The molecule has 2 heterocycles. The molecule has 0 spiro atoms. The standard InChI is InChI=1S/C13H24N4/c1-12-13(11-15-16-12)10-14-6-9-17-7-4-2-3-5-8-17/h11,14H,2-10H2,1H3,(H,15,16). The first-order chi connectivity index (χ1) is 8.36. The number of aryl methyl sites for hydroxylation is 1. The molecule has 0 saturated carbocycles. The molecule has 1 saturated heterocycles. The molecule has 4 nitrogen and oxygen atoms in total. The lowest BCUT2D eigenvalue weighted by molar-refractivity contribution is 0.284. The van der Waals surface area contributed by atoms with Crippen LogP contribution in [0.25, 0.3) is 0 Å². The lowest BCUT2D eigenvalue weighted by Crippen LogP contribution is -2.32. The molecule has 1 aromatic heterocycles. The van der Waals surface area contributed by atoms with E-state index in [0.717, 1.165) is 13.1 Å². The summed E-state index contributed by atoms with van der Waals surface area (Å²) in [7, 11) is 0. The minimum atomic E-state index is 0.927. The first-order valence-electron chi connectivity index (χ1n) is 6.78. The zero-order valence-electron chi connectivity index (χ0n) is 10.8. The molecule has 2 rings (SSSR count). The van der Waals surface area contributed by atoms with Crippen LogP contribution < -0.4 is 5.32 Å².